The van der Waals surface area contributed by atoms with E-state index in [-0.39, 0.29) is 11.7 Å². The topological polar surface area (TPSA) is 32.3 Å². The summed E-state index contributed by atoms with van der Waals surface area (Å²) in [7, 11) is 1.71. The lowest BCUT2D eigenvalue weighted by Crippen LogP contribution is -2.39. The molecule has 1 N–H and O–H groups in total. The van der Waals surface area contributed by atoms with Crippen molar-refractivity contribution in [3.8, 4) is 0 Å². The van der Waals surface area contributed by atoms with E-state index in [1.54, 1.807) is 24.1 Å². The van der Waals surface area contributed by atoms with E-state index >= 15 is 0 Å². The lowest BCUT2D eigenvalue weighted by molar-refractivity contribution is -0.117. The molecule has 0 heterocycles. The molecule has 1 fully saturated rings. The molecule has 2 rings (SSSR count). The number of halogens is 1. The molecule has 0 saturated heterocycles. The Bertz CT molecular complexity index is 399. The van der Waals surface area contributed by atoms with Crippen molar-refractivity contribution in [3.63, 3.8) is 0 Å². The number of hydrogen-bond donors (Lipinski definition) is 1. The van der Waals surface area contributed by atoms with Crippen LogP contribution in [-0.2, 0) is 4.79 Å². The summed E-state index contributed by atoms with van der Waals surface area (Å²) < 4.78 is 12.8. The van der Waals surface area contributed by atoms with E-state index in [2.05, 4.69) is 5.32 Å². The largest absolute Gasteiger partial charge is 0.314 e. The number of nitrogens with zero attached hydrogens (tertiary/aromatic N) is 1. The minimum absolute atomic E-state index is 0.00788. The number of carbonyl (C=O) groups is 1. The van der Waals surface area contributed by atoms with Gasteiger partial charge in [-0.3, -0.25) is 4.79 Å². The molecule has 1 aliphatic carbocycles. The smallest absolute Gasteiger partial charge is 0.240 e. The van der Waals surface area contributed by atoms with Gasteiger partial charge < -0.3 is 10.2 Å². The van der Waals surface area contributed by atoms with Crippen LogP contribution in [0.25, 0.3) is 0 Å². The third-order valence-electron chi connectivity index (χ3n) is 3.49. The summed E-state index contributed by atoms with van der Waals surface area (Å²) in [5.41, 5.74) is 0.717. The first-order valence-corrected chi connectivity index (χ1v) is 6.42. The first-order valence-electron chi connectivity index (χ1n) is 6.42. The number of carbonyl (C=O) groups excluding carboxylic acids is 1. The number of anilines is 1. The maximum Gasteiger partial charge on any atom is 0.240 e. The predicted octanol–water partition coefficient (Wildman–Crippen LogP) is 2.32. The summed E-state index contributed by atoms with van der Waals surface area (Å²) in [5, 5.41) is 3.28. The van der Waals surface area contributed by atoms with Crippen molar-refractivity contribution >= 4 is 11.6 Å². The van der Waals surface area contributed by atoms with Gasteiger partial charge in [0, 0.05) is 18.8 Å². The molecule has 4 heteroatoms. The average molecular weight is 250 g/mol. The molecule has 0 aliphatic heterocycles. The molecule has 1 saturated carbocycles. The number of benzene rings is 1. The molecule has 0 spiro atoms. The van der Waals surface area contributed by atoms with E-state index in [0.717, 1.165) is 18.5 Å². The van der Waals surface area contributed by atoms with Crippen LogP contribution >= 0.6 is 0 Å². The van der Waals surface area contributed by atoms with Crippen molar-refractivity contribution in [2.45, 2.75) is 31.7 Å². The van der Waals surface area contributed by atoms with E-state index < -0.39 is 0 Å². The molecule has 1 aromatic rings. The quantitative estimate of drug-likeness (QED) is 0.889. The predicted molar refractivity (Wildman–Crippen MR) is 70.1 cm³/mol. The van der Waals surface area contributed by atoms with Crippen molar-refractivity contribution in [3.05, 3.63) is 30.1 Å². The molecule has 98 valence electrons. The molecule has 0 unspecified atom stereocenters. The van der Waals surface area contributed by atoms with Gasteiger partial charge in [0.05, 0.1) is 6.54 Å². The lowest BCUT2D eigenvalue weighted by Gasteiger charge is -2.19. The third kappa shape index (κ3) is 3.29. The van der Waals surface area contributed by atoms with Crippen LogP contribution in [0.4, 0.5) is 10.1 Å². The highest BCUT2D eigenvalue weighted by atomic mass is 19.1. The van der Waals surface area contributed by atoms with Crippen LogP contribution in [0, 0.1) is 5.82 Å². The number of nitrogens with one attached hydrogen (secondary N) is 1. The van der Waals surface area contributed by atoms with Gasteiger partial charge in [-0.25, -0.2) is 4.39 Å². The third-order valence-corrected chi connectivity index (χ3v) is 3.49. The fraction of sp³-hybridized carbons (Fsp3) is 0.500. The standard InChI is InChI=1S/C14H19FN2O/c1-17(13-8-6-11(15)7-9-13)14(18)10-16-12-4-2-3-5-12/h6-9,12,16H,2-5,10H2,1H3. The van der Waals surface area contributed by atoms with E-state index in [1.807, 2.05) is 0 Å². The molecular weight excluding hydrogens is 231 g/mol. The van der Waals surface area contributed by atoms with Crippen molar-refractivity contribution in [1.29, 1.82) is 0 Å². The van der Waals surface area contributed by atoms with Crippen molar-refractivity contribution in [1.82, 2.24) is 5.32 Å². The number of amides is 1. The first-order chi connectivity index (χ1) is 8.66. The zero-order chi connectivity index (χ0) is 13.0. The fourth-order valence-corrected chi connectivity index (χ4v) is 2.29. The molecule has 18 heavy (non-hydrogen) atoms. The molecule has 0 atom stereocenters. The zero-order valence-electron chi connectivity index (χ0n) is 10.7. The highest BCUT2D eigenvalue weighted by Crippen LogP contribution is 2.17. The summed E-state index contributed by atoms with van der Waals surface area (Å²) in [5.74, 6) is -0.280. The monoisotopic (exact) mass is 250 g/mol. The van der Waals surface area contributed by atoms with Gasteiger partial charge in [-0.1, -0.05) is 12.8 Å². The second-order valence-electron chi connectivity index (χ2n) is 4.79. The molecule has 0 aromatic heterocycles. The summed E-state index contributed by atoms with van der Waals surface area (Å²) in [4.78, 5) is 13.5. The first kappa shape index (κ1) is 13.0. The summed E-state index contributed by atoms with van der Waals surface area (Å²) in [6, 6.07) is 6.44. The van der Waals surface area contributed by atoms with Gasteiger partial charge in [-0.15, -0.1) is 0 Å². The summed E-state index contributed by atoms with van der Waals surface area (Å²) >= 11 is 0. The Kier molecular flexibility index (Phi) is 4.31. The van der Waals surface area contributed by atoms with Crippen molar-refractivity contribution in [2.24, 2.45) is 0 Å². The average Bonchev–Trinajstić information content (AvgIpc) is 2.89. The van der Waals surface area contributed by atoms with Gasteiger partial charge in [0.25, 0.3) is 0 Å². The molecule has 0 bridgehead atoms. The fourth-order valence-electron chi connectivity index (χ4n) is 2.29. The van der Waals surface area contributed by atoms with Gasteiger partial charge in [0.1, 0.15) is 5.82 Å². The van der Waals surface area contributed by atoms with Crippen LogP contribution in [0.15, 0.2) is 24.3 Å². The van der Waals surface area contributed by atoms with Crippen molar-refractivity contribution < 1.29 is 9.18 Å². The second kappa shape index (κ2) is 5.96. The van der Waals surface area contributed by atoms with Gasteiger partial charge in [-0.05, 0) is 37.1 Å². The maximum absolute atomic E-state index is 12.8. The van der Waals surface area contributed by atoms with Crippen LogP contribution in [0.3, 0.4) is 0 Å². The summed E-state index contributed by atoms with van der Waals surface area (Å²) in [6.45, 7) is 0.346. The highest BCUT2D eigenvalue weighted by molar-refractivity contribution is 5.94. The van der Waals surface area contributed by atoms with E-state index in [9.17, 15) is 9.18 Å². The van der Waals surface area contributed by atoms with Crippen LogP contribution in [0.2, 0.25) is 0 Å². The number of likely N-dealkylation sites (N-methyl/N-ethyl adjacent to an activating group) is 1. The van der Waals surface area contributed by atoms with Gasteiger partial charge >= 0.3 is 0 Å². The Balaban J connectivity index is 1.85. The van der Waals surface area contributed by atoms with Gasteiger partial charge in [0.15, 0.2) is 0 Å². The number of hydrogen-bond acceptors (Lipinski definition) is 2. The Morgan fingerprint density at radius 3 is 2.56 bits per heavy atom. The second-order valence-corrected chi connectivity index (χ2v) is 4.79. The molecule has 1 amide bonds. The Morgan fingerprint density at radius 2 is 1.94 bits per heavy atom. The molecule has 3 nitrogen and oxygen atoms in total. The zero-order valence-corrected chi connectivity index (χ0v) is 10.7. The van der Waals surface area contributed by atoms with Crippen LogP contribution in [-0.4, -0.2) is 25.5 Å². The normalized spacial score (nSPS) is 15.9. The van der Waals surface area contributed by atoms with Gasteiger partial charge in [0.2, 0.25) is 5.91 Å². The number of rotatable bonds is 4. The van der Waals surface area contributed by atoms with Crippen LogP contribution in [0.1, 0.15) is 25.7 Å². The molecule has 1 aliphatic rings. The van der Waals surface area contributed by atoms with E-state index in [4.69, 9.17) is 0 Å². The van der Waals surface area contributed by atoms with E-state index in [1.165, 1.54) is 25.0 Å². The maximum atomic E-state index is 12.8. The van der Waals surface area contributed by atoms with Gasteiger partial charge in [-0.2, -0.15) is 0 Å². The highest BCUT2D eigenvalue weighted by Gasteiger charge is 2.17. The van der Waals surface area contributed by atoms with Crippen LogP contribution < -0.4 is 10.2 Å². The minimum Gasteiger partial charge on any atom is -0.314 e. The minimum atomic E-state index is -0.288. The summed E-state index contributed by atoms with van der Waals surface area (Å²) in [6.07, 6.45) is 4.82. The Morgan fingerprint density at radius 1 is 1.33 bits per heavy atom. The molecular formula is C14H19FN2O. The van der Waals surface area contributed by atoms with E-state index in [0.29, 0.717) is 12.6 Å². The Hall–Kier alpha value is -1.42. The lowest BCUT2D eigenvalue weighted by atomic mass is 10.2. The Labute approximate surface area is 107 Å². The van der Waals surface area contributed by atoms with Crippen molar-refractivity contribution in [2.75, 3.05) is 18.5 Å². The van der Waals surface area contributed by atoms with Crippen LogP contribution in [0.5, 0.6) is 0 Å². The molecule has 1 aromatic carbocycles. The molecule has 0 radical (unpaired) electrons. The SMILES string of the molecule is CN(C(=O)CNC1CCCC1)c1ccc(F)cc1.